The van der Waals surface area contributed by atoms with Crippen LogP contribution in [0.1, 0.15) is 0 Å². The lowest BCUT2D eigenvalue weighted by atomic mass is 9.91. The highest BCUT2D eigenvalue weighted by atomic mass is 15.0. The summed E-state index contributed by atoms with van der Waals surface area (Å²) in [6.07, 6.45) is 1.98. The third kappa shape index (κ3) is 5.77. The zero-order valence-corrected chi connectivity index (χ0v) is 37.9. The molecule has 0 N–H and O–H groups in total. The van der Waals surface area contributed by atoms with Gasteiger partial charge in [-0.3, -0.25) is 4.98 Å². The van der Waals surface area contributed by atoms with Crippen LogP contribution in [0.5, 0.6) is 0 Å². The van der Waals surface area contributed by atoms with Gasteiger partial charge in [-0.2, -0.15) is 0 Å². The molecule has 0 saturated heterocycles. The standard InChI is InChI=1S/C66H40N4/c1-3-19-48-41(15-1)17-13-25-50(48)43-31-33-56-58(37-43)59-38-44(51-26-14-18-42-16-2-4-20-49(42)51)32-34-57(59)66-65(56)67-40-60(68-66)45-35-46(69-61-27-9-5-21-52(61)53-22-6-10-28-62(53)69)39-47(36-45)70-63-29-11-7-23-54(63)55-24-8-12-30-64(55)70/h1-40H. The molecule has 15 aromatic rings. The smallest absolute Gasteiger partial charge is 0.0979 e. The van der Waals surface area contributed by atoms with Gasteiger partial charge in [0.2, 0.25) is 0 Å². The molecular formula is C66H40N4. The minimum absolute atomic E-state index is 0.809. The van der Waals surface area contributed by atoms with Crippen molar-refractivity contribution in [2.24, 2.45) is 0 Å². The van der Waals surface area contributed by atoms with E-state index in [1.807, 2.05) is 6.20 Å². The predicted octanol–water partition coefficient (Wildman–Crippen LogP) is 17.4. The van der Waals surface area contributed by atoms with E-state index in [1.165, 1.54) is 65.3 Å². The van der Waals surface area contributed by atoms with Crippen molar-refractivity contribution in [2.75, 3.05) is 0 Å². The van der Waals surface area contributed by atoms with E-state index in [9.17, 15) is 0 Å². The van der Waals surface area contributed by atoms with Gasteiger partial charge in [-0.1, -0.05) is 182 Å². The Balaban J connectivity index is 1.01. The van der Waals surface area contributed by atoms with Crippen LogP contribution in [0, 0.1) is 0 Å². The third-order valence-electron chi connectivity index (χ3n) is 14.7. The molecule has 3 aromatic heterocycles. The second-order valence-electron chi connectivity index (χ2n) is 18.5. The predicted molar refractivity (Wildman–Crippen MR) is 295 cm³/mol. The summed E-state index contributed by atoms with van der Waals surface area (Å²) in [4.78, 5) is 11.1. The van der Waals surface area contributed by atoms with Crippen LogP contribution in [0.2, 0.25) is 0 Å². The zero-order chi connectivity index (χ0) is 45.9. The number of nitrogens with zero attached hydrogens (tertiary/aromatic N) is 4. The molecule has 0 bridgehead atoms. The van der Waals surface area contributed by atoms with Crippen molar-refractivity contribution in [3.63, 3.8) is 0 Å². The molecule has 0 aliphatic heterocycles. The highest BCUT2D eigenvalue weighted by Gasteiger charge is 2.20. The van der Waals surface area contributed by atoms with E-state index < -0.39 is 0 Å². The summed E-state index contributed by atoms with van der Waals surface area (Å²) < 4.78 is 4.82. The van der Waals surface area contributed by atoms with Gasteiger partial charge < -0.3 is 9.13 Å². The van der Waals surface area contributed by atoms with E-state index in [1.54, 1.807) is 0 Å². The van der Waals surface area contributed by atoms with E-state index in [0.29, 0.717) is 0 Å². The first-order valence-electron chi connectivity index (χ1n) is 24.0. The maximum Gasteiger partial charge on any atom is 0.0979 e. The second-order valence-corrected chi connectivity index (χ2v) is 18.5. The number of rotatable bonds is 5. The first-order valence-corrected chi connectivity index (χ1v) is 24.0. The summed E-state index contributed by atoms with van der Waals surface area (Å²) in [6.45, 7) is 0. The van der Waals surface area contributed by atoms with Crippen LogP contribution in [-0.4, -0.2) is 19.1 Å². The topological polar surface area (TPSA) is 35.6 Å². The van der Waals surface area contributed by atoms with Gasteiger partial charge in [-0.15, -0.1) is 0 Å². The van der Waals surface area contributed by atoms with Crippen molar-refractivity contribution in [3.05, 3.63) is 243 Å². The highest BCUT2D eigenvalue weighted by Crippen LogP contribution is 2.42. The summed E-state index contributed by atoms with van der Waals surface area (Å²) in [7, 11) is 0. The number of fused-ring (bicyclic) bond motifs is 14. The van der Waals surface area contributed by atoms with Gasteiger partial charge in [0.1, 0.15) is 0 Å². The van der Waals surface area contributed by atoms with Crippen molar-refractivity contribution in [1.82, 2.24) is 19.1 Å². The zero-order valence-electron chi connectivity index (χ0n) is 37.9. The molecule has 12 aromatic carbocycles. The van der Waals surface area contributed by atoms with Crippen LogP contribution in [0.3, 0.4) is 0 Å². The molecule has 0 atom stereocenters. The van der Waals surface area contributed by atoms with Gasteiger partial charge in [0.25, 0.3) is 0 Å². The highest BCUT2D eigenvalue weighted by molar-refractivity contribution is 6.25. The Bertz CT molecular complexity index is 4420. The van der Waals surface area contributed by atoms with Gasteiger partial charge in [0.15, 0.2) is 0 Å². The van der Waals surface area contributed by atoms with Crippen molar-refractivity contribution >= 4 is 97.7 Å². The number of aromatic nitrogens is 4. The van der Waals surface area contributed by atoms with Crippen LogP contribution in [0.4, 0.5) is 0 Å². The Labute approximate surface area is 402 Å². The number of hydrogen-bond acceptors (Lipinski definition) is 2. The first kappa shape index (κ1) is 38.7. The van der Waals surface area contributed by atoms with E-state index in [4.69, 9.17) is 9.97 Å². The Kier molecular flexibility index (Phi) is 8.33. The Morgan fingerprint density at radius 2 is 0.671 bits per heavy atom. The molecule has 324 valence electrons. The molecule has 0 amide bonds. The van der Waals surface area contributed by atoms with Gasteiger partial charge in [0, 0.05) is 49.3 Å². The summed E-state index contributed by atoms with van der Waals surface area (Å²) in [6, 6.07) is 86.1. The van der Waals surface area contributed by atoms with Crippen molar-refractivity contribution in [2.45, 2.75) is 0 Å². The Hall–Kier alpha value is -9.38. The minimum Gasteiger partial charge on any atom is -0.309 e. The molecule has 0 saturated carbocycles. The van der Waals surface area contributed by atoms with Crippen LogP contribution in [-0.2, 0) is 0 Å². The van der Waals surface area contributed by atoms with Crippen LogP contribution in [0.15, 0.2) is 243 Å². The van der Waals surface area contributed by atoms with Crippen molar-refractivity contribution in [3.8, 4) is 44.9 Å². The number of hydrogen-bond donors (Lipinski definition) is 0. The molecular weight excluding hydrogens is 849 g/mol. The van der Waals surface area contributed by atoms with Crippen LogP contribution in [0.25, 0.3) is 143 Å². The maximum absolute atomic E-state index is 5.71. The summed E-state index contributed by atoms with van der Waals surface area (Å²) in [5, 5.41) is 14.2. The second kappa shape index (κ2) is 15.1. The van der Waals surface area contributed by atoms with Gasteiger partial charge in [-0.05, 0) is 109 Å². The summed E-state index contributed by atoms with van der Waals surface area (Å²) in [5.74, 6) is 0. The number of para-hydroxylation sites is 4. The van der Waals surface area contributed by atoms with Crippen molar-refractivity contribution in [1.29, 1.82) is 0 Å². The molecule has 0 spiro atoms. The fourth-order valence-corrected chi connectivity index (χ4v) is 11.6. The Morgan fingerprint density at radius 3 is 1.14 bits per heavy atom. The fourth-order valence-electron chi connectivity index (χ4n) is 11.6. The molecule has 4 heteroatoms. The Morgan fingerprint density at radius 1 is 0.271 bits per heavy atom. The molecule has 4 nitrogen and oxygen atoms in total. The molecule has 0 aliphatic rings. The molecule has 0 aliphatic carbocycles. The molecule has 0 unspecified atom stereocenters. The average Bonchev–Trinajstić information content (AvgIpc) is 3.95. The van der Waals surface area contributed by atoms with E-state index in [-0.39, 0.29) is 0 Å². The van der Waals surface area contributed by atoms with E-state index >= 15 is 0 Å². The third-order valence-corrected chi connectivity index (χ3v) is 14.7. The quantitative estimate of drug-likeness (QED) is 0.161. The molecule has 0 fully saturated rings. The molecule has 15 rings (SSSR count). The van der Waals surface area contributed by atoms with Crippen molar-refractivity contribution < 1.29 is 0 Å². The van der Waals surface area contributed by atoms with Crippen LogP contribution < -0.4 is 0 Å². The maximum atomic E-state index is 5.71. The molecule has 0 radical (unpaired) electrons. The number of benzene rings is 12. The lowest BCUT2D eigenvalue weighted by molar-refractivity contribution is 1.13. The van der Waals surface area contributed by atoms with E-state index in [2.05, 4.69) is 246 Å². The lowest BCUT2D eigenvalue weighted by Gasteiger charge is -2.17. The lowest BCUT2D eigenvalue weighted by Crippen LogP contribution is -2.01. The minimum atomic E-state index is 0.809. The van der Waals surface area contributed by atoms with Gasteiger partial charge in [0.05, 0.1) is 45.0 Å². The van der Waals surface area contributed by atoms with Crippen LogP contribution >= 0.6 is 0 Å². The van der Waals surface area contributed by atoms with E-state index in [0.717, 1.165) is 77.3 Å². The average molecular weight is 889 g/mol. The first-order chi connectivity index (χ1) is 34.7. The fraction of sp³-hybridized carbons (Fsp3) is 0. The molecule has 3 heterocycles. The van der Waals surface area contributed by atoms with Gasteiger partial charge >= 0.3 is 0 Å². The SMILES string of the molecule is c1ccc2c(-c3ccc4c(c3)c3cc(-c5cccc6ccccc56)ccc3c3nc(-c5cc(-n6c7ccccc7c7ccccc76)cc(-n6c7ccccc7c7ccccc76)c5)cnc43)cccc2c1. The summed E-state index contributed by atoms with van der Waals surface area (Å²) in [5.41, 5.74) is 15.0. The monoisotopic (exact) mass is 888 g/mol. The normalized spacial score (nSPS) is 12.0. The van der Waals surface area contributed by atoms with Gasteiger partial charge in [-0.25, -0.2) is 4.98 Å². The molecule has 70 heavy (non-hydrogen) atoms. The summed E-state index contributed by atoms with van der Waals surface area (Å²) >= 11 is 0. The largest absolute Gasteiger partial charge is 0.309 e.